The van der Waals surface area contributed by atoms with E-state index in [1.54, 1.807) is 0 Å². The Bertz CT molecular complexity index is 831. The predicted octanol–water partition coefficient (Wildman–Crippen LogP) is 2.33. The first-order valence-corrected chi connectivity index (χ1v) is 11.0. The normalized spacial score (nSPS) is 27.7. The van der Waals surface area contributed by atoms with Gasteiger partial charge in [0.1, 0.15) is 0 Å². The molecule has 3 aliphatic rings. The first-order valence-electron chi connectivity index (χ1n) is 11.0. The first kappa shape index (κ1) is 20.6. The molecule has 160 valence electrons. The lowest BCUT2D eigenvalue weighted by Gasteiger charge is -2.24. The number of fused-ring (bicyclic) bond motifs is 5. The van der Waals surface area contributed by atoms with Crippen LogP contribution in [0.25, 0.3) is 0 Å². The minimum absolute atomic E-state index is 0.0100. The molecular weight excluding hydrogens is 376 g/mol. The van der Waals surface area contributed by atoms with Gasteiger partial charge in [-0.1, -0.05) is 56.3 Å². The van der Waals surface area contributed by atoms with Gasteiger partial charge in [-0.3, -0.25) is 19.5 Å². The Kier molecular flexibility index (Phi) is 5.67. The highest BCUT2D eigenvalue weighted by Gasteiger charge is 2.58. The summed E-state index contributed by atoms with van der Waals surface area (Å²) in [5.74, 6) is 0.998. The number of aliphatic imine (C=N–C) groups is 1. The molecule has 1 aromatic carbocycles. The van der Waals surface area contributed by atoms with Gasteiger partial charge < -0.3 is 10.6 Å². The maximum atomic E-state index is 12.8. The molecule has 30 heavy (non-hydrogen) atoms. The molecule has 6 heteroatoms. The van der Waals surface area contributed by atoms with Crippen LogP contribution < -0.4 is 10.6 Å². The first-order chi connectivity index (χ1) is 14.4. The average Bonchev–Trinajstić information content (AvgIpc) is 3.42. The number of carbonyl (C=O) groups is 2. The van der Waals surface area contributed by atoms with Crippen LogP contribution in [-0.2, 0) is 15.0 Å². The van der Waals surface area contributed by atoms with Crippen LogP contribution in [0.4, 0.5) is 0 Å². The fourth-order valence-corrected chi connectivity index (χ4v) is 5.07. The lowest BCUT2D eigenvalue weighted by atomic mass is 9.85. The van der Waals surface area contributed by atoms with Gasteiger partial charge in [0.05, 0.1) is 18.4 Å². The minimum atomic E-state index is -0.124. The zero-order valence-electron chi connectivity index (χ0n) is 18.1. The van der Waals surface area contributed by atoms with E-state index in [-0.39, 0.29) is 40.9 Å². The van der Waals surface area contributed by atoms with Crippen molar-refractivity contribution < 1.29 is 9.59 Å². The van der Waals surface area contributed by atoms with Crippen molar-refractivity contribution >= 4 is 17.8 Å². The molecule has 2 aliphatic carbocycles. The SMILES string of the molecule is CCNC(=NCC(C)(C)c1ccccc1)NCCN1C(=O)C2C3C=CC(C3)C2C1=O. The van der Waals surface area contributed by atoms with Crippen molar-refractivity contribution in [3.63, 3.8) is 0 Å². The van der Waals surface area contributed by atoms with Crippen LogP contribution in [-0.4, -0.2) is 48.9 Å². The third-order valence-electron chi connectivity index (χ3n) is 6.72. The lowest BCUT2D eigenvalue weighted by molar-refractivity contribution is -0.140. The number of nitrogens with one attached hydrogen (secondary N) is 2. The third-order valence-corrected chi connectivity index (χ3v) is 6.72. The Morgan fingerprint density at radius 3 is 2.30 bits per heavy atom. The van der Waals surface area contributed by atoms with E-state index in [1.807, 2.05) is 25.1 Å². The zero-order chi connectivity index (χ0) is 21.3. The topological polar surface area (TPSA) is 73.8 Å². The molecule has 1 aliphatic heterocycles. The number of imide groups is 1. The standard InChI is InChI=1S/C24H32N4O2/c1-4-25-23(27-15-24(2,3)18-8-6-5-7-9-18)26-12-13-28-21(29)19-16-10-11-17(14-16)20(19)22(28)30/h5-11,16-17,19-20H,4,12-15H2,1-3H3,(H2,25,26,27). The number of benzene rings is 1. The summed E-state index contributed by atoms with van der Waals surface area (Å²) in [6, 6.07) is 10.4. The van der Waals surface area contributed by atoms with Crippen molar-refractivity contribution in [2.45, 2.75) is 32.6 Å². The van der Waals surface area contributed by atoms with Crippen molar-refractivity contribution in [3.05, 3.63) is 48.0 Å². The highest BCUT2D eigenvalue weighted by molar-refractivity contribution is 6.06. The smallest absolute Gasteiger partial charge is 0.233 e. The molecule has 2 N–H and O–H groups in total. The predicted molar refractivity (Wildman–Crippen MR) is 118 cm³/mol. The maximum Gasteiger partial charge on any atom is 0.233 e. The molecule has 2 amide bonds. The number of carbonyl (C=O) groups excluding carboxylic acids is 2. The number of hydrogen-bond donors (Lipinski definition) is 2. The van der Waals surface area contributed by atoms with Crippen molar-refractivity contribution in [1.29, 1.82) is 0 Å². The van der Waals surface area contributed by atoms with Crippen LogP contribution in [0.15, 0.2) is 47.5 Å². The Balaban J connectivity index is 1.34. The van der Waals surface area contributed by atoms with Crippen molar-refractivity contribution in [1.82, 2.24) is 15.5 Å². The molecule has 0 radical (unpaired) electrons. The number of guanidine groups is 1. The van der Waals surface area contributed by atoms with Gasteiger partial charge in [0.25, 0.3) is 0 Å². The summed E-state index contributed by atoms with van der Waals surface area (Å²) in [4.78, 5) is 31.8. The van der Waals surface area contributed by atoms with Gasteiger partial charge in [-0.05, 0) is 30.7 Å². The molecule has 4 unspecified atom stereocenters. The number of allylic oxidation sites excluding steroid dienone is 2. The number of likely N-dealkylation sites (tertiary alicyclic amines) is 1. The minimum Gasteiger partial charge on any atom is -0.357 e. The molecule has 1 saturated carbocycles. The van der Waals surface area contributed by atoms with Crippen molar-refractivity contribution in [2.24, 2.45) is 28.7 Å². The fraction of sp³-hybridized carbons (Fsp3) is 0.542. The van der Waals surface area contributed by atoms with Crippen molar-refractivity contribution in [3.8, 4) is 0 Å². The summed E-state index contributed by atoms with van der Waals surface area (Å²) < 4.78 is 0. The summed E-state index contributed by atoms with van der Waals surface area (Å²) >= 11 is 0. The molecule has 4 atom stereocenters. The molecule has 1 heterocycles. The summed E-state index contributed by atoms with van der Waals surface area (Å²) in [7, 11) is 0. The van der Waals surface area contributed by atoms with Crippen LogP contribution in [0.3, 0.4) is 0 Å². The third kappa shape index (κ3) is 3.75. The van der Waals surface area contributed by atoms with Crippen LogP contribution in [0, 0.1) is 23.7 Å². The quantitative estimate of drug-likeness (QED) is 0.314. The van der Waals surface area contributed by atoms with Crippen LogP contribution in [0.5, 0.6) is 0 Å². The van der Waals surface area contributed by atoms with Gasteiger partial charge in [0.2, 0.25) is 11.8 Å². The molecule has 1 aromatic rings. The largest absolute Gasteiger partial charge is 0.357 e. The molecule has 0 aromatic heterocycles. The number of rotatable bonds is 7. The van der Waals surface area contributed by atoms with E-state index in [1.165, 1.54) is 10.5 Å². The molecule has 2 bridgehead atoms. The van der Waals surface area contributed by atoms with Crippen LogP contribution >= 0.6 is 0 Å². The second kappa shape index (κ2) is 8.25. The number of amides is 2. The molecule has 6 nitrogen and oxygen atoms in total. The average molecular weight is 409 g/mol. The van der Waals surface area contributed by atoms with Gasteiger partial charge in [0, 0.05) is 25.0 Å². The maximum absolute atomic E-state index is 12.8. The summed E-state index contributed by atoms with van der Waals surface area (Å²) in [5, 5.41) is 6.55. The highest BCUT2D eigenvalue weighted by atomic mass is 16.2. The van der Waals surface area contributed by atoms with Gasteiger partial charge in [0.15, 0.2) is 5.96 Å². The van der Waals surface area contributed by atoms with E-state index >= 15 is 0 Å². The van der Waals surface area contributed by atoms with E-state index in [0.29, 0.717) is 25.6 Å². The summed E-state index contributed by atoms with van der Waals surface area (Å²) in [5.41, 5.74) is 1.15. The van der Waals surface area contributed by atoms with Gasteiger partial charge in [-0.15, -0.1) is 0 Å². The number of nitrogens with zero attached hydrogens (tertiary/aromatic N) is 2. The second-order valence-electron chi connectivity index (χ2n) is 9.20. The van der Waals surface area contributed by atoms with Gasteiger partial charge >= 0.3 is 0 Å². The van der Waals surface area contributed by atoms with Gasteiger partial charge in [-0.25, -0.2) is 0 Å². The summed E-state index contributed by atoms with van der Waals surface area (Å²) in [6.45, 7) is 8.65. The summed E-state index contributed by atoms with van der Waals surface area (Å²) in [6.07, 6.45) is 5.22. The van der Waals surface area contributed by atoms with Gasteiger partial charge in [-0.2, -0.15) is 0 Å². The molecule has 2 fully saturated rings. The zero-order valence-corrected chi connectivity index (χ0v) is 18.1. The van der Waals surface area contributed by atoms with E-state index in [9.17, 15) is 9.59 Å². The van der Waals surface area contributed by atoms with Crippen LogP contribution in [0.2, 0.25) is 0 Å². The van der Waals surface area contributed by atoms with Crippen molar-refractivity contribution in [2.75, 3.05) is 26.2 Å². The second-order valence-corrected chi connectivity index (χ2v) is 9.20. The fourth-order valence-electron chi connectivity index (χ4n) is 5.07. The van der Waals surface area contributed by atoms with E-state index in [2.05, 4.69) is 48.8 Å². The molecule has 1 saturated heterocycles. The van der Waals surface area contributed by atoms with E-state index in [0.717, 1.165) is 13.0 Å². The highest BCUT2D eigenvalue weighted by Crippen LogP contribution is 2.52. The monoisotopic (exact) mass is 408 g/mol. The Hall–Kier alpha value is -2.63. The Morgan fingerprint density at radius 2 is 1.70 bits per heavy atom. The van der Waals surface area contributed by atoms with Crippen LogP contribution in [0.1, 0.15) is 32.8 Å². The molecule has 4 rings (SSSR count). The van der Waals surface area contributed by atoms with E-state index < -0.39 is 0 Å². The van der Waals surface area contributed by atoms with E-state index in [4.69, 9.17) is 4.99 Å². The molecular formula is C24H32N4O2. The molecule has 0 spiro atoms. The Labute approximate surface area is 178 Å². The Morgan fingerprint density at radius 1 is 1.07 bits per heavy atom. The lowest BCUT2D eigenvalue weighted by Crippen LogP contribution is -2.44. The number of hydrogen-bond acceptors (Lipinski definition) is 3.